The van der Waals surface area contributed by atoms with E-state index in [1.165, 1.54) is 495 Å². The molecule has 0 saturated carbocycles. The van der Waals surface area contributed by atoms with Gasteiger partial charge in [-0.25, -0.2) is 4.70 Å². The molecule has 0 unspecified atom stereocenters. The second-order valence-electron chi connectivity index (χ2n) is 34.8. The van der Waals surface area contributed by atoms with Gasteiger partial charge < -0.3 is 19.4 Å². The van der Waals surface area contributed by atoms with Crippen LogP contribution in [0.4, 0.5) is 0 Å². The van der Waals surface area contributed by atoms with Crippen molar-refractivity contribution in [2.24, 2.45) is 0 Å². The minimum absolute atomic E-state index is 0. The van der Waals surface area contributed by atoms with Crippen molar-refractivity contribution in [3.8, 4) is 0 Å². The van der Waals surface area contributed by atoms with Crippen molar-refractivity contribution in [1.82, 2.24) is 0 Å². The minimum Gasteiger partial charge on any atom is -0.493 e. The first-order valence-electron chi connectivity index (χ1n) is 49.7. The number of rotatable bonds is 79. The molecule has 0 bridgehead atoms. The molecule has 0 spiro atoms. The van der Waals surface area contributed by atoms with Crippen molar-refractivity contribution in [2.45, 2.75) is 556 Å². The summed E-state index contributed by atoms with van der Waals surface area (Å²) in [4.78, 5) is 0. The van der Waals surface area contributed by atoms with Gasteiger partial charge in [-0.2, -0.15) is 12.8 Å². The SMILES string of the molecule is CCCCCCCCCCCCCC=CC1=C(c2cc(C)cc(C)c2)[N+](=[N-])C(c2cc(CCCC)cc(CCCC)c2)=C1CCCCC.[CH2-]CCCCCCCCCCCCCCCCCCCCCCCCCCCCC.[CH2-]CCCCCCCCCCCCCCCCCCCCCCCCCCCCC.[Pd+2]. The summed E-state index contributed by atoms with van der Waals surface area (Å²) >= 11 is 0. The van der Waals surface area contributed by atoms with Crippen LogP contribution in [0.5, 0.6) is 0 Å². The first-order chi connectivity index (χ1) is 53.3. The first-order valence-corrected chi connectivity index (χ1v) is 49.7. The summed E-state index contributed by atoms with van der Waals surface area (Å²) in [6.45, 7) is 25.9. The molecule has 1 aliphatic rings. The van der Waals surface area contributed by atoms with Gasteiger partial charge in [-0.15, -0.1) is 0 Å². The molecule has 0 saturated heterocycles. The number of nitrogens with zero attached hydrogens (tertiary/aromatic N) is 2. The molecular formula is C106H192N2Pd. The Balaban J connectivity index is 0.00000168. The molecule has 1 heterocycles. The van der Waals surface area contributed by atoms with Crippen LogP contribution in [0.2, 0.25) is 0 Å². The smallest absolute Gasteiger partial charge is 0.493 e. The van der Waals surface area contributed by atoms with Gasteiger partial charge in [-0.05, 0) is 101 Å². The van der Waals surface area contributed by atoms with Gasteiger partial charge in [0.05, 0.1) is 5.57 Å². The van der Waals surface area contributed by atoms with Crippen LogP contribution in [0.3, 0.4) is 0 Å². The molecule has 3 rings (SSSR count). The summed E-state index contributed by atoms with van der Waals surface area (Å²) in [7, 11) is 0. The Bertz CT molecular complexity index is 2160. The van der Waals surface area contributed by atoms with Crippen molar-refractivity contribution in [2.75, 3.05) is 0 Å². The zero-order chi connectivity index (χ0) is 78.2. The van der Waals surface area contributed by atoms with Gasteiger partial charge in [0.15, 0.2) is 0 Å². The third-order valence-electron chi connectivity index (χ3n) is 23.7. The van der Waals surface area contributed by atoms with Gasteiger partial charge in [0.1, 0.15) is 0 Å². The van der Waals surface area contributed by atoms with E-state index in [1.807, 2.05) is 0 Å². The predicted molar refractivity (Wildman–Crippen MR) is 492 cm³/mol. The molecule has 2 nitrogen and oxygen atoms in total. The Morgan fingerprint density at radius 1 is 0.257 bits per heavy atom. The molecule has 0 fully saturated rings. The maximum atomic E-state index is 12.3. The van der Waals surface area contributed by atoms with Gasteiger partial charge >= 0.3 is 20.4 Å². The fraction of sp³-hybridized carbons (Fsp3) is 0.811. The van der Waals surface area contributed by atoms with E-state index in [2.05, 4.69) is 118 Å². The predicted octanol–water partition coefficient (Wildman–Crippen LogP) is 38.5. The van der Waals surface area contributed by atoms with E-state index in [0.29, 0.717) is 0 Å². The van der Waals surface area contributed by atoms with Crippen molar-refractivity contribution in [1.29, 1.82) is 0 Å². The zero-order valence-electron chi connectivity index (χ0n) is 75.4. The standard InChI is InChI=1S/C46H70N2.2C30H61.Pd/c1-7-11-15-16-17-18-19-20-21-22-23-24-26-30-44-43(29-25-12-8-2)46(48(47)45(44)41-32-37(5)31-38(6)33-41)42-35-39(27-13-9-3)34-40(36-42)28-14-10-4;2*1-3-5-7-9-11-13-15-17-19-21-23-25-27-29-30-28-26-24-22-20-18-16-14-12-10-8-6-4-2;/h26,30-36H,7-25,27-29H2,1-6H3;2*1,3-30H2,2H3;/q;2*-1;+2. The average Bonchev–Trinajstić information content (AvgIpc) is 1.60. The Morgan fingerprint density at radius 3 is 0.743 bits per heavy atom. The van der Waals surface area contributed by atoms with Crippen molar-refractivity contribution in [3.05, 3.63) is 112 Å². The quantitative estimate of drug-likeness (QED) is 0.0273. The third-order valence-corrected chi connectivity index (χ3v) is 23.7. The van der Waals surface area contributed by atoms with Crippen LogP contribution >= 0.6 is 0 Å². The summed E-state index contributed by atoms with van der Waals surface area (Å²) in [6, 6.07) is 13.9. The van der Waals surface area contributed by atoms with Crippen molar-refractivity contribution >= 4 is 11.4 Å². The van der Waals surface area contributed by atoms with Crippen LogP contribution < -0.4 is 0 Å². The van der Waals surface area contributed by atoms with E-state index < -0.39 is 0 Å². The molecule has 2 aromatic carbocycles. The van der Waals surface area contributed by atoms with E-state index in [0.717, 1.165) is 61.9 Å². The Hall–Kier alpha value is -2.08. The largest absolute Gasteiger partial charge is 2.00 e. The fourth-order valence-electron chi connectivity index (χ4n) is 16.7. The summed E-state index contributed by atoms with van der Waals surface area (Å²) in [5, 5.41) is 0. The Labute approximate surface area is 700 Å². The van der Waals surface area contributed by atoms with E-state index in [1.54, 1.807) is 4.70 Å². The third kappa shape index (κ3) is 65.7. The molecule has 109 heavy (non-hydrogen) atoms. The van der Waals surface area contributed by atoms with Gasteiger partial charge in [-0.3, -0.25) is 0 Å². The number of hydrogen-bond donors (Lipinski definition) is 0. The minimum atomic E-state index is 0. The molecule has 0 aromatic heterocycles. The fourth-order valence-corrected chi connectivity index (χ4v) is 16.7. The summed E-state index contributed by atoms with van der Waals surface area (Å²) < 4.78 is 1.57. The molecule has 0 radical (unpaired) electrons. The number of allylic oxidation sites excluding steroid dienone is 4. The van der Waals surface area contributed by atoms with E-state index in [-0.39, 0.29) is 20.4 Å². The maximum absolute atomic E-state index is 12.3. The van der Waals surface area contributed by atoms with Crippen LogP contribution in [0.25, 0.3) is 16.9 Å². The molecular weight excluding hydrogens is 1410 g/mol. The second kappa shape index (κ2) is 85.3. The summed E-state index contributed by atoms with van der Waals surface area (Å²) in [6.07, 6.45) is 114. The second-order valence-corrected chi connectivity index (χ2v) is 34.8. The Morgan fingerprint density at radius 2 is 0.486 bits per heavy atom. The average molecular weight is 1600 g/mol. The first kappa shape index (κ1) is 107. The van der Waals surface area contributed by atoms with Crippen LogP contribution in [0.15, 0.2) is 59.7 Å². The molecule has 0 amide bonds. The van der Waals surface area contributed by atoms with E-state index in [4.69, 9.17) is 0 Å². The van der Waals surface area contributed by atoms with Crippen LogP contribution in [0.1, 0.15) is 563 Å². The normalized spacial score (nSPS) is 12.3. The summed E-state index contributed by atoms with van der Waals surface area (Å²) in [5.41, 5.74) is 24.3. The molecule has 3 heteroatoms. The number of benzene rings is 2. The number of hydrogen-bond acceptors (Lipinski definition) is 0. The molecule has 1 aliphatic heterocycles. The van der Waals surface area contributed by atoms with Gasteiger partial charge in [0, 0.05) is 16.7 Å². The monoisotopic (exact) mass is 1600 g/mol. The molecule has 0 N–H and O–H groups in total. The molecule has 0 aliphatic carbocycles. The molecule has 2 aromatic rings. The van der Waals surface area contributed by atoms with Crippen molar-refractivity contribution in [3.63, 3.8) is 0 Å². The topological polar surface area (TPSA) is 25.3 Å². The van der Waals surface area contributed by atoms with Crippen LogP contribution in [-0.2, 0) is 33.3 Å². The van der Waals surface area contributed by atoms with E-state index in [9.17, 15) is 5.53 Å². The molecule has 636 valence electrons. The van der Waals surface area contributed by atoms with Gasteiger partial charge in [0.25, 0.3) is 0 Å². The Kier molecular flexibility index (Phi) is 83.7. The number of unbranched alkanes of at least 4 members (excludes halogenated alkanes) is 69. The van der Waals surface area contributed by atoms with Gasteiger partial charge in [-0.1, -0.05) is 514 Å². The van der Waals surface area contributed by atoms with Crippen molar-refractivity contribution < 1.29 is 25.1 Å². The summed E-state index contributed by atoms with van der Waals surface area (Å²) in [5.74, 6) is 0. The molecule has 0 atom stereocenters. The zero-order valence-corrected chi connectivity index (χ0v) is 77.0. The number of aryl methyl sites for hydroxylation is 4. The van der Waals surface area contributed by atoms with Crippen LogP contribution in [0, 0.1) is 27.7 Å². The van der Waals surface area contributed by atoms with Crippen LogP contribution in [-0.4, -0.2) is 4.70 Å². The van der Waals surface area contributed by atoms with E-state index >= 15 is 0 Å². The van der Waals surface area contributed by atoms with Gasteiger partial charge in [0.2, 0.25) is 11.4 Å². The maximum Gasteiger partial charge on any atom is 2.00 e.